The molecule has 0 radical (unpaired) electrons. The smallest absolute Gasteiger partial charge is 0.220 e. The van der Waals surface area contributed by atoms with Crippen molar-refractivity contribution in [3.8, 4) is 0 Å². The molecule has 2 atom stereocenters. The predicted molar refractivity (Wildman–Crippen MR) is 92.0 cm³/mol. The molecule has 0 saturated carbocycles. The third kappa shape index (κ3) is 5.62. The van der Waals surface area contributed by atoms with E-state index in [1.165, 1.54) is 6.42 Å². The molecule has 22 heavy (non-hydrogen) atoms. The average Bonchev–Trinajstić information content (AvgIpc) is 2.98. The van der Waals surface area contributed by atoms with Gasteiger partial charge in [0, 0.05) is 11.4 Å². The zero-order valence-corrected chi connectivity index (χ0v) is 14.3. The first-order valence-corrected chi connectivity index (χ1v) is 8.68. The van der Waals surface area contributed by atoms with E-state index in [0.717, 1.165) is 36.5 Å². The topological polar surface area (TPSA) is 41.1 Å². The van der Waals surface area contributed by atoms with E-state index >= 15 is 0 Å². The van der Waals surface area contributed by atoms with Gasteiger partial charge in [-0.2, -0.15) is 0 Å². The SMILES string of the molecule is CC(C)CC(NC(=O)CCC1CCNC1)c1ccc(Cl)cc1. The molecular formula is C18H27ClN2O. The Morgan fingerprint density at radius 3 is 2.68 bits per heavy atom. The van der Waals surface area contributed by atoms with Crippen molar-refractivity contribution >= 4 is 17.5 Å². The first kappa shape index (κ1) is 17.3. The zero-order valence-electron chi connectivity index (χ0n) is 13.6. The van der Waals surface area contributed by atoms with Crippen LogP contribution in [0.3, 0.4) is 0 Å². The second-order valence-corrected chi connectivity index (χ2v) is 7.14. The zero-order chi connectivity index (χ0) is 15.9. The van der Waals surface area contributed by atoms with E-state index in [0.29, 0.717) is 18.3 Å². The Morgan fingerprint density at radius 1 is 1.36 bits per heavy atom. The summed E-state index contributed by atoms with van der Waals surface area (Å²) in [5.41, 5.74) is 1.13. The molecule has 0 bridgehead atoms. The molecule has 1 fully saturated rings. The maximum Gasteiger partial charge on any atom is 0.220 e. The van der Waals surface area contributed by atoms with Crippen molar-refractivity contribution in [1.82, 2.24) is 10.6 Å². The van der Waals surface area contributed by atoms with Gasteiger partial charge in [-0.1, -0.05) is 37.6 Å². The van der Waals surface area contributed by atoms with Gasteiger partial charge in [-0.05, 0) is 61.9 Å². The van der Waals surface area contributed by atoms with E-state index in [1.807, 2.05) is 24.3 Å². The van der Waals surface area contributed by atoms with Crippen molar-refractivity contribution in [1.29, 1.82) is 0 Å². The molecule has 1 saturated heterocycles. The van der Waals surface area contributed by atoms with Gasteiger partial charge in [0.05, 0.1) is 6.04 Å². The second-order valence-electron chi connectivity index (χ2n) is 6.70. The number of amides is 1. The fourth-order valence-electron chi connectivity index (χ4n) is 3.01. The van der Waals surface area contributed by atoms with Crippen LogP contribution in [-0.4, -0.2) is 19.0 Å². The van der Waals surface area contributed by atoms with Gasteiger partial charge in [0.2, 0.25) is 5.91 Å². The Hall–Kier alpha value is -1.06. The monoisotopic (exact) mass is 322 g/mol. The lowest BCUT2D eigenvalue weighted by Gasteiger charge is -2.21. The van der Waals surface area contributed by atoms with Gasteiger partial charge in [-0.25, -0.2) is 0 Å². The standard InChI is InChI=1S/C18H27ClN2O/c1-13(2)11-17(15-4-6-16(19)7-5-15)21-18(22)8-3-14-9-10-20-12-14/h4-7,13-14,17,20H,3,8-12H2,1-2H3,(H,21,22). The van der Waals surface area contributed by atoms with Crippen LogP contribution in [0.25, 0.3) is 0 Å². The Balaban J connectivity index is 1.90. The molecule has 1 heterocycles. The van der Waals surface area contributed by atoms with Crippen molar-refractivity contribution in [3.63, 3.8) is 0 Å². The average molecular weight is 323 g/mol. The summed E-state index contributed by atoms with van der Waals surface area (Å²) in [5.74, 6) is 1.34. The van der Waals surface area contributed by atoms with Crippen molar-refractivity contribution < 1.29 is 4.79 Å². The summed E-state index contributed by atoms with van der Waals surface area (Å²) in [6.07, 6.45) is 3.74. The largest absolute Gasteiger partial charge is 0.349 e. The third-order valence-corrected chi connectivity index (χ3v) is 4.51. The van der Waals surface area contributed by atoms with Gasteiger partial charge >= 0.3 is 0 Å². The Labute approximate surface area is 138 Å². The van der Waals surface area contributed by atoms with E-state index in [4.69, 9.17) is 11.6 Å². The molecule has 0 aliphatic carbocycles. The van der Waals surface area contributed by atoms with Crippen LogP contribution >= 0.6 is 11.6 Å². The molecule has 1 aromatic carbocycles. The van der Waals surface area contributed by atoms with Gasteiger partial charge in [-0.15, -0.1) is 0 Å². The molecule has 3 nitrogen and oxygen atoms in total. The minimum absolute atomic E-state index is 0.0754. The molecule has 2 N–H and O–H groups in total. The number of halogens is 1. The molecule has 0 spiro atoms. The number of hydrogen-bond donors (Lipinski definition) is 2. The molecule has 1 amide bonds. The predicted octanol–water partition coefficient (Wildman–Crippen LogP) is 3.93. The van der Waals surface area contributed by atoms with Gasteiger partial charge in [0.1, 0.15) is 0 Å². The quantitative estimate of drug-likeness (QED) is 0.798. The molecule has 2 rings (SSSR count). The maximum atomic E-state index is 12.3. The van der Waals surface area contributed by atoms with Gasteiger partial charge in [-0.3, -0.25) is 4.79 Å². The highest BCUT2D eigenvalue weighted by Crippen LogP contribution is 2.23. The summed E-state index contributed by atoms with van der Waals surface area (Å²) >= 11 is 5.96. The van der Waals surface area contributed by atoms with Crippen molar-refractivity contribution in [2.45, 2.75) is 45.6 Å². The third-order valence-electron chi connectivity index (χ3n) is 4.26. The molecule has 4 heteroatoms. The fraction of sp³-hybridized carbons (Fsp3) is 0.611. The maximum absolute atomic E-state index is 12.3. The lowest BCUT2D eigenvalue weighted by molar-refractivity contribution is -0.122. The van der Waals surface area contributed by atoms with Crippen molar-refractivity contribution in [3.05, 3.63) is 34.9 Å². The molecule has 1 aliphatic heterocycles. The van der Waals surface area contributed by atoms with E-state index in [9.17, 15) is 4.79 Å². The number of carbonyl (C=O) groups is 1. The minimum Gasteiger partial charge on any atom is -0.349 e. The van der Waals surface area contributed by atoms with Crippen LogP contribution in [0.15, 0.2) is 24.3 Å². The highest BCUT2D eigenvalue weighted by molar-refractivity contribution is 6.30. The lowest BCUT2D eigenvalue weighted by Crippen LogP contribution is -2.29. The van der Waals surface area contributed by atoms with Crippen LogP contribution in [0.5, 0.6) is 0 Å². The molecular weight excluding hydrogens is 296 g/mol. The molecule has 122 valence electrons. The van der Waals surface area contributed by atoms with E-state index in [2.05, 4.69) is 24.5 Å². The van der Waals surface area contributed by atoms with Crippen LogP contribution < -0.4 is 10.6 Å². The van der Waals surface area contributed by atoms with E-state index < -0.39 is 0 Å². The van der Waals surface area contributed by atoms with Crippen molar-refractivity contribution in [2.24, 2.45) is 11.8 Å². The van der Waals surface area contributed by atoms with Gasteiger partial charge in [0.25, 0.3) is 0 Å². The highest BCUT2D eigenvalue weighted by Gasteiger charge is 2.19. The normalized spacial score (nSPS) is 19.4. The summed E-state index contributed by atoms with van der Waals surface area (Å²) in [6.45, 7) is 6.51. The first-order chi connectivity index (χ1) is 10.5. The number of carbonyl (C=O) groups excluding carboxylic acids is 1. The molecule has 1 aromatic rings. The molecule has 1 aliphatic rings. The second kappa shape index (κ2) is 8.54. The summed E-state index contributed by atoms with van der Waals surface area (Å²) < 4.78 is 0. The van der Waals surface area contributed by atoms with Gasteiger partial charge < -0.3 is 10.6 Å². The van der Waals surface area contributed by atoms with Crippen LogP contribution in [0, 0.1) is 11.8 Å². The lowest BCUT2D eigenvalue weighted by atomic mass is 9.96. The number of nitrogens with one attached hydrogen (secondary N) is 2. The summed E-state index contributed by atoms with van der Waals surface area (Å²) in [6, 6.07) is 7.88. The number of hydrogen-bond acceptors (Lipinski definition) is 2. The summed E-state index contributed by atoms with van der Waals surface area (Å²) in [4.78, 5) is 12.3. The van der Waals surface area contributed by atoms with Gasteiger partial charge in [0.15, 0.2) is 0 Å². The highest BCUT2D eigenvalue weighted by atomic mass is 35.5. The fourth-order valence-corrected chi connectivity index (χ4v) is 3.13. The molecule has 0 aromatic heterocycles. The van der Waals surface area contributed by atoms with Crippen LogP contribution in [0.4, 0.5) is 0 Å². The van der Waals surface area contributed by atoms with Crippen LogP contribution in [0.2, 0.25) is 5.02 Å². The van der Waals surface area contributed by atoms with Crippen LogP contribution in [0.1, 0.15) is 51.1 Å². The van der Waals surface area contributed by atoms with E-state index in [1.54, 1.807) is 0 Å². The number of rotatable bonds is 7. The first-order valence-electron chi connectivity index (χ1n) is 8.30. The molecule has 2 unspecified atom stereocenters. The summed E-state index contributed by atoms with van der Waals surface area (Å²) in [5, 5.41) is 7.28. The summed E-state index contributed by atoms with van der Waals surface area (Å²) in [7, 11) is 0. The van der Waals surface area contributed by atoms with Crippen molar-refractivity contribution in [2.75, 3.05) is 13.1 Å². The Kier molecular flexibility index (Phi) is 6.71. The van der Waals surface area contributed by atoms with Crippen LogP contribution in [-0.2, 0) is 4.79 Å². The Morgan fingerprint density at radius 2 is 2.09 bits per heavy atom. The minimum atomic E-state index is 0.0754. The number of benzene rings is 1. The Bertz CT molecular complexity index is 466. The van der Waals surface area contributed by atoms with E-state index in [-0.39, 0.29) is 11.9 Å².